The summed E-state index contributed by atoms with van der Waals surface area (Å²) in [5.41, 5.74) is 1.05. The summed E-state index contributed by atoms with van der Waals surface area (Å²) >= 11 is 0. The Morgan fingerprint density at radius 3 is 2.24 bits per heavy atom. The van der Waals surface area contributed by atoms with E-state index in [2.05, 4.69) is 0 Å². The van der Waals surface area contributed by atoms with Crippen LogP contribution < -0.4 is 4.74 Å². The molecule has 232 valence electrons. The highest BCUT2D eigenvalue weighted by Gasteiger charge is 2.66. The third kappa shape index (κ3) is 4.04. The summed E-state index contributed by atoms with van der Waals surface area (Å²) < 4.78 is 10.1. The Labute approximate surface area is 265 Å². The van der Waals surface area contributed by atoms with Gasteiger partial charge in [0.25, 0.3) is 0 Å². The number of hydrogen-bond acceptors (Lipinski definition) is 8. The molecule has 0 radical (unpaired) electrons. The van der Waals surface area contributed by atoms with Crippen LogP contribution in [0.1, 0.15) is 35.4 Å². The van der Waals surface area contributed by atoms with Gasteiger partial charge in [0.05, 0.1) is 31.5 Å². The maximum atomic E-state index is 14.9. The summed E-state index contributed by atoms with van der Waals surface area (Å²) in [7, 11) is 2.58. The van der Waals surface area contributed by atoms with Crippen molar-refractivity contribution in [2.75, 3.05) is 14.2 Å². The largest absolute Gasteiger partial charge is 0.508 e. The quantitative estimate of drug-likeness (QED) is 0.321. The molecular formula is C37H31NO8. The summed E-state index contributed by atoms with van der Waals surface area (Å²) in [6, 6.07) is 22.9. The van der Waals surface area contributed by atoms with Crippen molar-refractivity contribution < 1.29 is 38.6 Å². The molecule has 6 atom stereocenters. The van der Waals surface area contributed by atoms with Crippen LogP contribution in [0.4, 0.5) is 4.79 Å². The van der Waals surface area contributed by atoms with Gasteiger partial charge >= 0.3 is 6.09 Å². The van der Waals surface area contributed by atoms with E-state index in [-0.39, 0.29) is 35.7 Å². The highest BCUT2D eigenvalue weighted by Crippen LogP contribution is 2.64. The van der Waals surface area contributed by atoms with E-state index in [1.165, 1.54) is 19.3 Å². The van der Waals surface area contributed by atoms with E-state index in [4.69, 9.17) is 9.47 Å². The number of methoxy groups -OCH3 is 2. The van der Waals surface area contributed by atoms with Crippen molar-refractivity contribution in [2.24, 2.45) is 23.7 Å². The van der Waals surface area contributed by atoms with E-state index in [0.29, 0.717) is 32.9 Å². The topological polar surface area (TPSA) is 127 Å². The predicted octanol–water partition coefficient (Wildman–Crippen LogP) is 4.99. The Bertz CT molecular complexity index is 1860. The Balaban J connectivity index is 1.51. The minimum Gasteiger partial charge on any atom is -0.508 e. The fraction of sp³-hybridized carbons (Fsp3) is 0.270. The van der Waals surface area contributed by atoms with Crippen molar-refractivity contribution in [2.45, 2.75) is 24.2 Å². The minimum atomic E-state index is -1.48. The van der Waals surface area contributed by atoms with Crippen molar-refractivity contribution in [3.05, 3.63) is 113 Å². The molecule has 2 fully saturated rings. The van der Waals surface area contributed by atoms with Gasteiger partial charge in [-0.15, -0.1) is 0 Å². The fourth-order valence-electron chi connectivity index (χ4n) is 8.38. The number of amides is 3. The van der Waals surface area contributed by atoms with Crippen LogP contribution in [0.2, 0.25) is 0 Å². The van der Waals surface area contributed by atoms with Crippen LogP contribution in [0, 0.1) is 23.7 Å². The molecule has 1 saturated heterocycles. The van der Waals surface area contributed by atoms with Crippen LogP contribution in [0.5, 0.6) is 11.5 Å². The molecule has 1 saturated carbocycles. The van der Waals surface area contributed by atoms with E-state index in [9.17, 15) is 29.1 Å². The zero-order valence-corrected chi connectivity index (χ0v) is 25.2. The van der Waals surface area contributed by atoms with Crippen molar-refractivity contribution >= 4 is 35.0 Å². The zero-order chi connectivity index (χ0) is 32.3. The molecular weight excluding hydrogens is 586 g/mol. The van der Waals surface area contributed by atoms with Crippen molar-refractivity contribution in [3.63, 3.8) is 0 Å². The maximum absolute atomic E-state index is 14.9. The number of rotatable bonds is 4. The van der Waals surface area contributed by atoms with Crippen LogP contribution in [-0.4, -0.2) is 53.7 Å². The number of benzene rings is 3. The lowest BCUT2D eigenvalue weighted by atomic mass is 9.44. The standard InChI is InChI=1S/C37H31NO8/c1-45-22-13-14-24(29(39)17-22)32-23-15-16-25-31(35(43)38(34(25)42)36(44)46-2)27(23)18-28-33(41)26(20-9-5-3-6-10-20)19-30(40)37(28,32)21-11-7-4-8-12-21/h3-15,17,19,25,27-28,31-32,39H,16,18H2,1-2H3. The molecule has 3 aromatic rings. The van der Waals surface area contributed by atoms with Crippen LogP contribution in [0.25, 0.3) is 5.57 Å². The number of phenolic OH excluding ortho intramolecular Hbond substituents is 1. The Morgan fingerprint density at radius 2 is 1.59 bits per heavy atom. The van der Waals surface area contributed by atoms with Crippen LogP contribution in [0.3, 0.4) is 0 Å². The van der Waals surface area contributed by atoms with Gasteiger partial charge in [-0.1, -0.05) is 78.4 Å². The van der Waals surface area contributed by atoms with E-state index in [1.54, 1.807) is 36.4 Å². The number of allylic oxidation sites excluding steroid dienone is 4. The normalized spacial score (nSPS) is 28.5. The van der Waals surface area contributed by atoms with E-state index >= 15 is 0 Å². The summed E-state index contributed by atoms with van der Waals surface area (Å²) in [6.45, 7) is 0. The molecule has 9 heteroatoms. The summed E-state index contributed by atoms with van der Waals surface area (Å²) in [5.74, 6) is -5.92. The van der Waals surface area contributed by atoms with Crippen molar-refractivity contribution in [1.29, 1.82) is 0 Å². The minimum absolute atomic E-state index is 0.0814. The number of ether oxygens (including phenoxy) is 2. The number of hydrogen-bond donors (Lipinski definition) is 1. The molecule has 3 aromatic carbocycles. The van der Waals surface area contributed by atoms with Gasteiger partial charge in [0.1, 0.15) is 11.5 Å². The average Bonchev–Trinajstić information content (AvgIpc) is 3.34. The Kier molecular flexibility index (Phi) is 6.99. The number of carbonyl (C=O) groups excluding carboxylic acids is 5. The SMILES string of the molecule is COC(=O)N1C(=O)C2CC=C3C(CC4C(=O)C(c5ccccc5)=CC(=O)C4(c4ccccc4)C3c3ccc(OC)cc3O)C2C1=O. The smallest absolute Gasteiger partial charge is 0.423 e. The second-order valence-corrected chi connectivity index (χ2v) is 12.2. The molecule has 0 aromatic heterocycles. The molecule has 3 amide bonds. The monoisotopic (exact) mass is 617 g/mol. The first-order chi connectivity index (χ1) is 22.2. The van der Waals surface area contributed by atoms with Gasteiger partial charge in [0, 0.05) is 29.0 Å². The highest BCUT2D eigenvalue weighted by molar-refractivity contribution is 6.31. The molecule has 6 unspecified atom stereocenters. The van der Waals surface area contributed by atoms with Gasteiger partial charge < -0.3 is 14.6 Å². The van der Waals surface area contributed by atoms with Crippen LogP contribution >= 0.6 is 0 Å². The molecule has 0 bridgehead atoms. The number of carbonyl (C=O) groups is 5. The summed E-state index contributed by atoms with van der Waals surface area (Å²) in [6.07, 6.45) is 2.46. The number of fused-ring (bicyclic) bond motifs is 4. The molecule has 46 heavy (non-hydrogen) atoms. The third-order valence-electron chi connectivity index (χ3n) is 10.3. The van der Waals surface area contributed by atoms with Crippen LogP contribution in [-0.2, 0) is 29.3 Å². The first kappa shape index (κ1) is 29.4. The second kappa shape index (κ2) is 10.9. The molecule has 7 rings (SSSR count). The molecule has 9 nitrogen and oxygen atoms in total. The van der Waals surface area contributed by atoms with Gasteiger partial charge in [-0.05, 0) is 42.0 Å². The van der Waals surface area contributed by atoms with Crippen molar-refractivity contribution in [1.82, 2.24) is 4.90 Å². The molecule has 1 heterocycles. The molecule has 3 aliphatic carbocycles. The summed E-state index contributed by atoms with van der Waals surface area (Å²) in [5, 5.41) is 11.5. The number of nitrogens with zero attached hydrogens (tertiary/aromatic N) is 1. The second-order valence-electron chi connectivity index (χ2n) is 12.2. The zero-order valence-electron chi connectivity index (χ0n) is 25.2. The third-order valence-corrected chi connectivity index (χ3v) is 10.3. The number of Topliss-reactive ketones (excluding diaryl/α,β-unsaturated/α-hetero) is 1. The van der Waals surface area contributed by atoms with E-state index in [0.717, 1.165) is 7.11 Å². The maximum Gasteiger partial charge on any atom is 0.423 e. The lowest BCUT2D eigenvalue weighted by molar-refractivity contribution is -0.138. The van der Waals surface area contributed by atoms with Crippen LogP contribution in [0.15, 0.2) is 96.6 Å². The van der Waals surface area contributed by atoms with E-state index < -0.39 is 52.9 Å². The highest BCUT2D eigenvalue weighted by atomic mass is 16.5. The van der Waals surface area contributed by atoms with E-state index in [1.807, 2.05) is 42.5 Å². The number of likely N-dealkylation sites (tertiary alicyclic amines) is 1. The average molecular weight is 618 g/mol. The van der Waals surface area contributed by atoms with Gasteiger partial charge in [0.2, 0.25) is 11.8 Å². The van der Waals surface area contributed by atoms with Crippen molar-refractivity contribution in [3.8, 4) is 11.5 Å². The molecule has 1 N–H and O–H groups in total. The van der Waals surface area contributed by atoms with Gasteiger partial charge in [-0.2, -0.15) is 4.90 Å². The number of ketones is 2. The number of phenols is 1. The molecule has 4 aliphatic rings. The number of imide groups is 3. The first-order valence-electron chi connectivity index (χ1n) is 15.2. The number of aromatic hydroxyl groups is 1. The van der Waals surface area contributed by atoms with Gasteiger partial charge in [0.15, 0.2) is 11.6 Å². The fourth-order valence-corrected chi connectivity index (χ4v) is 8.38. The first-order valence-corrected chi connectivity index (χ1v) is 15.2. The van der Waals surface area contributed by atoms with Gasteiger partial charge in [-0.25, -0.2) is 4.79 Å². The summed E-state index contributed by atoms with van der Waals surface area (Å²) in [4.78, 5) is 70.2. The lowest BCUT2D eigenvalue weighted by Crippen LogP contribution is -2.58. The lowest BCUT2D eigenvalue weighted by Gasteiger charge is -2.55. The van der Waals surface area contributed by atoms with Gasteiger partial charge in [-0.3, -0.25) is 19.2 Å². The Hall–Kier alpha value is -5.31. The molecule has 0 spiro atoms. The molecule has 1 aliphatic heterocycles. The Morgan fingerprint density at radius 1 is 0.891 bits per heavy atom. The predicted molar refractivity (Wildman–Crippen MR) is 165 cm³/mol.